The smallest absolute Gasteiger partial charge is 0.300 e. The lowest BCUT2D eigenvalue weighted by Crippen LogP contribution is -2.53. The van der Waals surface area contributed by atoms with Gasteiger partial charge in [0.15, 0.2) is 0 Å². The Morgan fingerprint density at radius 1 is 1.00 bits per heavy atom. The van der Waals surface area contributed by atoms with Crippen LogP contribution in [0, 0.1) is 0 Å². The van der Waals surface area contributed by atoms with E-state index in [1.165, 1.54) is 0 Å². The van der Waals surface area contributed by atoms with Gasteiger partial charge >= 0.3 is 0 Å². The molecule has 3 aliphatic heterocycles. The van der Waals surface area contributed by atoms with Crippen LogP contribution < -0.4 is 0 Å². The fourth-order valence-corrected chi connectivity index (χ4v) is 5.02. The van der Waals surface area contributed by atoms with Gasteiger partial charge in [0.05, 0.1) is 11.2 Å². The standard InChI is InChI=1S/C23H28N2O3/c1-3-23(4-2)15-16-11-7-8-12-17(16)19-18(20(26)22(28)25(19)23)21(27)24-13-9-5-6-10-14-24/h7-8,11-12H,3-6,9-10,13-15H2,1-2H3. The van der Waals surface area contributed by atoms with Crippen molar-refractivity contribution in [3.8, 4) is 0 Å². The Morgan fingerprint density at radius 2 is 1.64 bits per heavy atom. The Labute approximate surface area is 166 Å². The monoisotopic (exact) mass is 380 g/mol. The summed E-state index contributed by atoms with van der Waals surface area (Å²) in [6.07, 6.45) is 6.30. The first-order valence-corrected chi connectivity index (χ1v) is 10.5. The number of ketones is 1. The summed E-state index contributed by atoms with van der Waals surface area (Å²) in [4.78, 5) is 43.1. The molecule has 1 aromatic carbocycles. The number of Topliss-reactive ketones (excluding diaryl/α,β-unsaturated/α-hetero) is 1. The molecule has 1 saturated heterocycles. The van der Waals surface area contributed by atoms with Gasteiger partial charge in [-0.15, -0.1) is 0 Å². The van der Waals surface area contributed by atoms with Crippen LogP contribution in [0.15, 0.2) is 29.8 Å². The van der Waals surface area contributed by atoms with Gasteiger partial charge in [0.25, 0.3) is 17.6 Å². The average Bonchev–Trinajstić information content (AvgIpc) is 2.89. The highest BCUT2D eigenvalue weighted by molar-refractivity contribution is 6.55. The van der Waals surface area contributed by atoms with Gasteiger partial charge in [-0.25, -0.2) is 0 Å². The van der Waals surface area contributed by atoms with Crippen molar-refractivity contribution in [1.82, 2.24) is 9.80 Å². The average molecular weight is 380 g/mol. The topological polar surface area (TPSA) is 57.7 Å². The minimum atomic E-state index is -0.632. The summed E-state index contributed by atoms with van der Waals surface area (Å²) in [6, 6.07) is 7.89. The van der Waals surface area contributed by atoms with Gasteiger partial charge in [0.1, 0.15) is 5.57 Å². The number of benzene rings is 1. The third-order valence-electron chi connectivity index (χ3n) is 6.77. The van der Waals surface area contributed by atoms with Gasteiger partial charge in [-0.2, -0.15) is 0 Å². The second-order valence-corrected chi connectivity index (χ2v) is 8.17. The van der Waals surface area contributed by atoms with Gasteiger partial charge in [-0.1, -0.05) is 51.0 Å². The van der Waals surface area contributed by atoms with Crippen LogP contribution in [0.2, 0.25) is 0 Å². The van der Waals surface area contributed by atoms with Crippen molar-refractivity contribution >= 4 is 23.3 Å². The van der Waals surface area contributed by atoms with Crippen LogP contribution in [0.25, 0.3) is 5.70 Å². The number of amides is 2. The summed E-state index contributed by atoms with van der Waals surface area (Å²) in [6.45, 7) is 5.43. The first-order valence-electron chi connectivity index (χ1n) is 10.5. The lowest BCUT2D eigenvalue weighted by molar-refractivity contribution is -0.143. The SMILES string of the molecule is CCC1(CC)Cc2ccccc2C2=C(C(=O)N3CCCCCC3)C(=O)C(=O)N21. The third-order valence-corrected chi connectivity index (χ3v) is 6.77. The van der Waals surface area contributed by atoms with Crippen molar-refractivity contribution in [1.29, 1.82) is 0 Å². The number of fused-ring (bicyclic) bond motifs is 3. The Balaban J connectivity index is 1.90. The molecule has 0 saturated carbocycles. The number of hydrogen-bond donors (Lipinski definition) is 0. The molecule has 0 aromatic heterocycles. The minimum absolute atomic E-state index is 0.0883. The molecule has 28 heavy (non-hydrogen) atoms. The van der Waals surface area contributed by atoms with Crippen molar-refractivity contribution < 1.29 is 14.4 Å². The van der Waals surface area contributed by atoms with Crippen LogP contribution >= 0.6 is 0 Å². The molecule has 5 heteroatoms. The molecular formula is C23H28N2O3. The van der Waals surface area contributed by atoms with Crippen molar-refractivity contribution in [2.75, 3.05) is 13.1 Å². The van der Waals surface area contributed by atoms with Crippen LogP contribution in [0.4, 0.5) is 0 Å². The molecule has 2 amide bonds. The molecule has 3 aliphatic rings. The molecule has 0 N–H and O–H groups in total. The molecular weight excluding hydrogens is 352 g/mol. The van der Waals surface area contributed by atoms with E-state index >= 15 is 0 Å². The zero-order chi connectivity index (χ0) is 19.9. The lowest BCUT2D eigenvalue weighted by Gasteiger charge is -2.46. The van der Waals surface area contributed by atoms with Crippen molar-refractivity contribution in [3.05, 3.63) is 41.0 Å². The molecule has 0 spiro atoms. The number of nitrogens with zero attached hydrogens (tertiary/aromatic N) is 2. The Morgan fingerprint density at radius 3 is 2.29 bits per heavy atom. The number of carbonyl (C=O) groups excluding carboxylic acids is 3. The highest BCUT2D eigenvalue weighted by atomic mass is 16.2. The van der Waals surface area contributed by atoms with Crippen LogP contribution in [-0.4, -0.2) is 46.0 Å². The summed E-state index contributed by atoms with van der Waals surface area (Å²) in [5.41, 5.74) is 2.16. The summed E-state index contributed by atoms with van der Waals surface area (Å²) < 4.78 is 0. The Bertz CT molecular complexity index is 858. The van der Waals surface area contributed by atoms with Gasteiger partial charge in [-0.3, -0.25) is 19.3 Å². The van der Waals surface area contributed by atoms with Crippen molar-refractivity contribution in [2.45, 2.75) is 64.3 Å². The number of likely N-dealkylation sites (tertiary alicyclic amines) is 1. The van der Waals surface area contributed by atoms with Gasteiger partial charge in [-0.05, 0) is 37.7 Å². The maximum Gasteiger partial charge on any atom is 0.300 e. The van der Waals surface area contributed by atoms with E-state index in [9.17, 15) is 14.4 Å². The maximum absolute atomic E-state index is 13.4. The van der Waals surface area contributed by atoms with Crippen LogP contribution in [0.5, 0.6) is 0 Å². The predicted molar refractivity (Wildman–Crippen MR) is 107 cm³/mol. The second kappa shape index (κ2) is 7.19. The fraction of sp³-hybridized carbons (Fsp3) is 0.522. The summed E-state index contributed by atoms with van der Waals surface area (Å²) in [5.74, 6) is -1.44. The molecule has 0 bridgehead atoms. The van der Waals surface area contributed by atoms with E-state index in [-0.39, 0.29) is 11.5 Å². The molecule has 0 unspecified atom stereocenters. The van der Waals surface area contributed by atoms with Gasteiger partial charge < -0.3 is 4.90 Å². The molecule has 3 heterocycles. The molecule has 1 aromatic rings. The molecule has 0 aliphatic carbocycles. The second-order valence-electron chi connectivity index (χ2n) is 8.17. The highest BCUT2D eigenvalue weighted by Crippen LogP contribution is 2.46. The van der Waals surface area contributed by atoms with Gasteiger partial charge in [0, 0.05) is 18.7 Å². The third kappa shape index (κ3) is 2.71. The summed E-state index contributed by atoms with van der Waals surface area (Å²) in [7, 11) is 0. The zero-order valence-corrected chi connectivity index (χ0v) is 16.8. The first kappa shape index (κ1) is 18.9. The van der Waals surface area contributed by atoms with Crippen molar-refractivity contribution in [2.24, 2.45) is 0 Å². The van der Waals surface area contributed by atoms with E-state index in [0.717, 1.165) is 49.7 Å². The molecule has 0 radical (unpaired) electrons. The number of hydrogen-bond acceptors (Lipinski definition) is 3. The molecule has 1 fully saturated rings. The molecule has 5 nitrogen and oxygen atoms in total. The van der Waals surface area contributed by atoms with E-state index in [4.69, 9.17) is 0 Å². The summed E-state index contributed by atoms with van der Waals surface area (Å²) >= 11 is 0. The maximum atomic E-state index is 13.4. The molecule has 0 atom stereocenters. The van der Waals surface area contributed by atoms with Crippen LogP contribution in [0.3, 0.4) is 0 Å². The number of rotatable bonds is 3. The van der Waals surface area contributed by atoms with E-state index in [2.05, 4.69) is 19.9 Å². The normalized spacial score (nSPS) is 21.5. The van der Waals surface area contributed by atoms with E-state index < -0.39 is 17.2 Å². The van der Waals surface area contributed by atoms with Crippen molar-refractivity contribution in [3.63, 3.8) is 0 Å². The molecule has 148 valence electrons. The first-order chi connectivity index (χ1) is 13.5. The minimum Gasteiger partial charge on any atom is -0.338 e. The fourth-order valence-electron chi connectivity index (χ4n) is 5.02. The largest absolute Gasteiger partial charge is 0.338 e. The predicted octanol–water partition coefficient (Wildman–Crippen LogP) is 3.33. The Kier molecular flexibility index (Phi) is 4.86. The van der Waals surface area contributed by atoms with E-state index in [0.29, 0.717) is 25.2 Å². The summed E-state index contributed by atoms with van der Waals surface area (Å²) in [5, 5.41) is 0. The van der Waals surface area contributed by atoms with Gasteiger partial charge in [0.2, 0.25) is 0 Å². The lowest BCUT2D eigenvalue weighted by atomic mass is 9.78. The van der Waals surface area contributed by atoms with E-state index in [1.54, 1.807) is 9.80 Å². The highest BCUT2D eigenvalue weighted by Gasteiger charge is 2.53. The zero-order valence-electron chi connectivity index (χ0n) is 16.8. The van der Waals surface area contributed by atoms with E-state index in [1.807, 2.05) is 18.2 Å². The van der Waals surface area contributed by atoms with Crippen LogP contribution in [0.1, 0.15) is 63.5 Å². The molecule has 4 rings (SSSR count). The Hall–Kier alpha value is -2.43. The van der Waals surface area contributed by atoms with Crippen LogP contribution in [-0.2, 0) is 20.8 Å². The quantitative estimate of drug-likeness (QED) is 0.597. The number of carbonyl (C=O) groups is 3.